The number of anilines is 1. The maximum absolute atomic E-state index is 6.66. The number of benzene rings is 2. The molecule has 0 aliphatic carbocycles. The number of hydrogen-bond acceptors (Lipinski definition) is 3. The Labute approximate surface area is 176 Å². The van der Waals surface area contributed by atoms with Gasteiger partial charge in [0.15, 0.2) is 0 Å². The van der Waals surface area contributed by atoms with E-state index < -0.39 is 0 Å². The summed E-state index contributed by atoms with van der Waals surface area (Å²) in [4.78, 5) is 2.62. The first kappa shape index (κ1) is 20.3. The van der Waals surface area contributed by atoms with E-state index in [-0.39, 0.29) is 5.60 Å². The summed E-state index contributed by atoms with van der Waals surface area (Å²) in [5, 5.41) is 3.58. The van der Waals surface area contributed by atoms with E-state index in [1.54, 1.807) is 0 Å². The molecule has 29 heavy (non-hydrogen) atoms. The lowest BCUT2D eigenvalue weighted by Crippen LogP contribution is -2.47. The fourth-order valence-corrected chi connectivity index (χ4v) is 5.35. The number of likely N-dealkylation sites (tertiary alicyclic amines) is 1. The fourth-order valence-electron chi connectivity index (χ4n) is 5.35. The van der Waals surface area contributed by atoms with Gasteiger partial charge in [-0.2, -0.15) is 0 Å². The molecule has 1 N–H and O–H groups in total. The van der Waals surface area contributed by atoms with Crippen LogP contribution in [0.25, 0.3) is 0 Å². The van der Waals surface area contributed by atoms with Crippen LogP contribution in [-0.4, -0.2) is 36.7 Å². The van der Waals surface area contributed by atoms with Crippen molar-refractivity contribution < 1.29 is 4.74 Å². The van der Waals surface area contributed by atoms with Crippen molar-refractivity contribution in [3.05, 3.63) is 58.1 Å². The first-order valence-electron chi connectivity index (χ1n) is 11.2. The number of rotatable bonds is 5. The number of nitrogens with zero attached hydrogens (tertiary/aromatic N) is 1. The summed E-state index contributed by atoms with van der Waals surface area (Å²) in [7, 11) is 0. The standard InChI is InChI=1S/C26H36N2O/c1-6-27-24-18(2)19(3)25-23(20(24)4)16-26(5,29-25)17-28-14-12-22(13-15-28)21-10-8-7-9-11-21/h7-11,22,27H,6,12-17H2,1-5H3. The molecule has 3 nitrogen and oxygen atoms in total. The predicted octanol–water partition coefficient (Wildman–Crippen LogP) is 5.62. The number of ether oxygens (including phenoxy) is 1. The second-order valence-electron chi connectivity index (χ2n) is 9.28. The molecule has 2 aromatic carbocycles. The third-order valence-electron chi connectivity index (χ3n) is 7.05. The molecular formula is C26H36N2O. The first-order valence-corrected chi connectivity index (χ1v) is 11.2. The first-order chi connectivity index (χ1) is 13.9. The number of hydrogen-bond donors (Lipinski definition) is 1. The Morgan fingerprint density at radius 3 is 2.38 bits per heavy atom. The molecule has 0 spiro atoms. The van der Waals surface area contributed by atoms with Crippen LogP contribution in [0.15, 0.2) is 30.3 Å². The van der Waals surface area contributed by atoms with E-state index in [0.717, 1.165) is 38.3 Å². The van der Waals surface area contributed by atoms with Gasteiger partial charge in [0.05, 0.1) is 0 Å². The zero-order chi connectivity index (χ0) is 20.6. The Balaban J connectivity index is 1.45. The van der Waals surface area contributed by atoms with Gasteiger partial charge >= 0.3 is 0 Å². The smallest absolute Gasteiger partial charge is 0.127 e. The largest absolute Gasteiger partial charge is 0.485 e. The van der Waals surface area contributed by atoms with Crippen molar-refractivity contribution in [3.8, 4) is 5.75 Å². The minimum atomic E-state index is -0.130. The van der Waals surface area contributed by atoms with Gasteiger partial charge in [0.25, 0.3) is 0 Å². The van der Waals surface area contributed by atoms with Crippen LogP contribution in [0.2, 0.25) is 0 Å². The second-order valence-corrected chi connectivity index (χ2v) is 9.28. The number of piperidine rings is 1. The molecule has 1 fully saturated rings. The molecule has 4 rings (SSSR count). The van der Waals surface area contributed by atoms with E-state index in [2.05, 4.69) is 75.2 Å². The predicted molar refractivity (Wildman–Crippen MR) is 122 cm³/mol. The highest BCUT2D eigenvalue weighted by Gasteiger charge is 2.40. The summed E-state index contributed by atoms with van der Waals surface area (Å²) in [5.41, 5.74) is 8.08. The average Bonchev–Trinajstić information content (AvgIpc) is 3.08. The van der Waals surface area contributed by atoms with Crippen LogP contribution < -0.4 is 10.1 Å². The Morgan fingerprint density at radius 2 is 1.72 bits per heavy atom. The van der Waals surface area contributed by atoms with Gasteiger partial charge in [0, 0.05) is 30.8 Å². The highest BCUT2D eigenvalue weighted by molar-refractivity contribution is 5.68. The lowest BCUT2D eigenvalue weighted by atomic mass is 9.88. The van der Waals surface area contributed by atoms with Crippen LogP contribution in [-0.2, 0) is 6.42 Å². The van der Waals surface area contributed by atoms with Crippen molar-refractivity contribution in [2.24, 2.45) is 0 Å². The van der Waals surface area contributed by atoms with E-state index in [9.17, 15) is 0 Å². The van der Waals surface area contributed by atoms with Crippen LogP contribution in [0.1, 0.15) is 60.4 Å². The van der Waals surface area contributed by atoms with Crippen LogP contribution in [0.5, 0.6) is 5.75 Å². The van der Waals surface area contributed by atoms with Gasteiger partial charge in [-0.1, -0.05) is 30.3 Å². The Kier molecular flexibility index (Phi) is 5.61. The molecule has 1 saturated heterocycles. The zero-order valence-corrected chi connectivity index (χ0v) is 18.8. The van der Waals surface area contributed by atoms with Gasteiger partial charge in [-0.3, -0.25) is 4.90 Å². The summed E-state index contributed by atoms with van der Waals surface area (Å²) < 4.78 is 6.66. The topological polar surface area (TPSA) is 24.5 Å². The van der Waals surface area contributed by atoms with E-state index in [0.29, 0.717) is 5.92 Å². The summed E-state index contributed by atoms with van der Waals surface area (Å²) in [6.45, 7) is 15.4. The summed E-state index contributed by atoms with van der Waals surface area (Å²) in [6.07, 6.45) is 3.50. The molecule has 3 heteroatoms. The quantitative estimate of drug-likeness (QED) is 0.715. The van der Waals surface area contributed by atoms with Gasteiger partial charge in [-0.25, -0.2) is 0 Å². The minimum absolute atomic E-state index is 0.130. The summed E-state index contributed by atoms with van der Waals surface area (Å²) in [6, 6.07) is 11.0. The molecule has 1 unspecified atom stereocenters. The Hall–Kier alpha value is -2.00. The molecular weight excluding hydrogens is 356 g/mol. The fraction of sp³-hybridized carbons (Fsp3) is 0.538. The van der Waals surface area contributed by atoms with Crippen LogP contribution in [0.3, 0.4) is 0 Å². The zero-order valence-electron chi connectivity index (χ0n) is 18.8. The van der Waals surface area contributed by atoms with E-state index in [1.165, 1.54) is 46.3 Å². The van der Waals surface area contributed by atoms with Gasteiger partial charge in [0.2, 0.25) is 0 Å². The molecule has 2 heterocycles. The Bertz CT molecular complexity index is 868. The SMILES string of the molecule is CCNc1c(C)c(C)c2c(c1C)CC(C)(CN1CCC(c3ccccc3)CC1)O2. The molecule has 2 aliphatic heterocycles. The number of fused-ring (bicyclic) bond motifs is 1. The van der Waals surface area contributed by atoms with Crippen molar-refractivity contribution in [2.75, 3.05) is 31.5 Å². The van der Waals surface area contributed by atoms with Crippen molar-refractivity contribution in [1.82, 2.24) is 4.90 Å². The summed E-state index contributed by atoms with van der Waals surface area (Å²) in [5.74, 6) is 1.85. The monoisotopic (exact) mass is 392 g/mol. The van der Waals surface area contributed by atoms with Crippen LogP contribution >= 0.6 is 0 Å². The molecule has 0 aromatic heterocycles. The molecule has 0 bridgehead atoms. The van der Waals surface area contributed by atoms with Gasteiger partial charge < -0.3 is 10.1 Å². The maximum Gasteiger partial charge on any atom is 0.127 e. The molecule has 0 saturated carbocycles. The molecule has 1 atom stereocenters. The van der Waals surface area contributed by atoms with Gasteiger partial charge in [0.1, 0.15) is 11.4 Å². The number of nitrogens with one attached hydrogen (secondary N) is 1. The van der Waals surface area contributed by atoms with Gasteiger partial charge in [-0.15, -0.1) is 0 Å². The molecule has 2 aromatic rings. The second kappa shape index (κ2) is 8.02. The van der Waals surface area contributed by atoms with Crippen molar-refractivity contribution in [1.29, 1.82) is 0 Å². The third kappa shape index (κ3) is 3.90. The Morgan fingerprint density at radius 1 is 1.03 bits per heavy atom. The van der Waals surface area contributed by atoms with E-state index in [1.807, 2.05) is 0 Å². The molecule has 0 amide bonds. The third-order valence-corrected chi connectivity index (χ3v) is 7.05. The molecule has 156 valence electrons. The van der Waals surface area contributed by atoms with Crippen molar-refractivity contribution in [3.63, 3.8) is 0 Å². The van der Waals surface area contributed by atoms with Crippen molar-refractivity contribution >= 4 is 5.69 Å². The lowest BCUT2D eigenvalue weighted by molar-refractivity contribution is 0.0523. The van der Waals surface area contributed by atoms with Crippen LogP contribution in [0.4, 0.5) is 5.69 Å². The molecule has 2 aliphatic rings. The average molecular weight is 393 g/mol. The van der Waals surface area contributed by atoms with E-state index >= 15 is 0 Å². The summed E-state index contributed by atoms with van der Waals surface area (Å²) >= 11 is 0. The van der Waals surface area contributed by atoms with Gasteiger partial charge in [-0.05, 0) is 88.7 Å². The molecule has 0 radical (unpaired) electrons. The van der Waals surface area contributed by atoms with E-state index in [4.69, 9.17) is 4.74 Å². The maximum atomic E-state index is 6.66. The highest BCUT2D eigenvalue weighted by atomic mass is 16.5. The van der Waals surface area contributed by atoms with Crippen molar-refractivity contribution in [2.45, 2.75) is 65.4 Å². The minimum Gasteiger partial charge on any atom is -0.485 e. The lowest BCUT2D eigenvalue weighted by Gasteiger charge is -2.37. The highest BCUT2D eigenvalue weighted by Crippen LogP contribution is 2.45. The normalized spacial score (nSPS) is 22.4. The van der Waals surface area contributed by atoms with Crippen LogP contribution in [0, 0.1) is 20.8 Å².